The third-order valence-electron chi connectivity index (χ3n) is 5.79. The number of carbonyl (C=O) groups excluding carboxylic acids is 2. The summed E-state index contributed by atoms with van der Waals surface area (Å²) in [7, 11) is 2.93. The number of rotatable bonds is 7. The van der Waals surface area contributed by atoms with E-state index in [9.17, 15) is 19.5 Å². The van der Waals surface area contributed by atoms with Gasteiger partial charge in [0.1, 0.15) is 17.3 Å². The first kappa shape index (κ1) is 23.6. The first-order chi connectivity index (χ1) is 16.8. The highest BCUT2D eigenvalue weighted by Crippen LogP contribution is 2.43. The number of benzene rings is 3. The lowest BCUT2D eigenvalue weighted by Crippen LogP contribution is -2.29. The van der Waals surface area contributed by atoms with Crippen molar-refractivity contribution in [2.75, 3.05) is 19.1 Å². The van der Waals surface area contributed by atoms with E-state index in [1.165, 1.54) is 19.1 Å². The molecule has 35 heavy (non-hydrogen) atoms. The number of ether oxygens (including phenoxy) is 2. The molecule has 0 spiro atoms. The number of aliphatic carboxylic acids is 1. The first-order valence-corrected chi connectivity index (χ1v) is 10.7. The van der Waals surface area contributed by atoms with Crippen LogP contribution < -0.4 is 14.4 Å². The van der Waals surface area contributed by atoms with Crippen molar-refractivity contribution >= 4 is 29.1 Å². The van der Waals surface area contributed by atoms with E-state index in [-0.39, 0.29) is 29.1 Å². The second-order valence-corrected chi connectivity index (χ2v) is 7.88. The van der Waals surface area contributed by atoms with Crippen molar-refractivity contribution in [3.63, 3.8) is 0 Å². The molecule has 3 aromatic rings. The Morgan fingerprint density at radius 3 is 2.20 bits per heavy atom. The van der Waals surface area contributed by atoms with Gasteiger partial charge in [-0.3, -0.25) is 19.3 Å². The van der Waals surface area contributed by atoms with Gasteiger partial charge in [0.2, 0.25) is 0 Å². The Labute approximate surface area is 201 Å². The van der Waals surface area contributed by atoms with Gasteiger partial charge in [0, 0.05) is 11.8 Å². The number of aliphatic hydroxyl groups is 1. The Kier molecular flexibility index (Phi) is 6.55. The maximum Gasteiger partial charge on any atom is 0.307 e. The van der Waals surface area contributed by atoms with Gasteiger partial charge in [-0.1, -0.05) is 42.5 Å². The average Bonchev–Trinajstić information content (AvgIpc) is 3.14. The summed E-state index contributed by atoms with van der Waals surface area (Å²) in [6, 6.07) is 19.1. The van der Waals surface area contributed by atoms with Crippen molar-refractivity contribution in [1.29, 1.82) is 0 Å². The van der Waals surface area contributed by atoms with Crippen molar-refractivity contribution in [2.45, 2.75) is 12.5 Å². The third-order valence-corrected chi connectivity index (χ3v) is 5.79. The summed E-state index contributed by atoms with van der Waals surface area (Å²) < 4.78 is 10.6. The average molecular weight is 473 g/mol. The van der Waals surface area contributed by atoms with E-state index in [2.05, 4.69) is 0 Å². The van der Waals surface area contributed by atoms with Crippen LogP contribution in [0.4, 0.5) is 5.69 Å². The minimum absolute atomic E-state index is 0.0840. The minimum atomic E-state index is -0.976. The highest BCUT2D eigenvalue weighted by atomic mass is 16.5. The van der Waals surface area contributed by atoms with Crippen LogP contribution in [0.5, 0.6) is 11.5 Å². The molecule has 1 saturated heterocycles. The van der Waals surface area contributed by atoms with Crippen molar-refractivity contribution in [1.82, 2.24) is 0 Å². The molecule has 1 fully saturated rings. The van der Waals surface area contributed by atoms with Crippen LogP contribution in [0.15, 0.2) is 78.4 Å². The van der Waals surface area contributed by atoms with E-state index in [4.69, 9.17) is 14.6 Å². The fourth-order valence-electron chi connectivity index (χ4n) is 4.14. The summed E-state index contributed by atoms with van der Waals surface area (Å²) in [5, 5.41) is 20.4. The molecule has 0 radical (unpaired) electrons. The minimum Gasteiger partial charge on any atom is -0.507 e. The molecular weight excluding hydrogens is 450 g/mol. The van der Waals surface area contributed by atoms with E-state index < -0.39 is 23.7 Å². The number of carboxylic acids is 1. The molecule has 1 aliphatic heterocycles. The normalized spacial score (nSPS) is 16.9. The summed E-state index contributed by atoms with van der Waals surface area (Å²) in [5.41, 5.74) is 1.73. The van der Waals surface area contributed by atoms with Crippen LogP contribution >= 0.6 is 0 Å². The van der Waals surface area contributed by atoms with Gasteiger partial charge in [0.05, 0.1) is 37.8 Å². The fourth-order valence-corrected chi connectivity index (χ4v) is 4.14. The fraction of sp³-hybridized carbons (Fsp3) is 0.148. The zero-order valence-electron chi connectivity index (χ0n) is 19.1. The van der Waals surface area contributed by atoms with Crippen molar-refractivity contribution in [2.24, 2.45) is 0 Å². The number of hydrogen-bond acceptors (Lipinski definition) is 6. The standard InChI is InChI=1S/C27H23NO7/c1-34-19-12-13-20(21(15-19)35-2)25(31)23-24(17-6-4-3-5-7-17)28(27(33)26(23)32)18-10-8-16(9-11-18)14-22(29)30/h3-13,15,24,31H,14H2,1-2H3,(H,29,30)/b25-23-. The number of nitrogens with zero attached hydrogens (tertiary/aromatic N) is 1. The quantitative estimate of drug-likeness (QED) is 0.303. The molecule has 0 bridgehead atoms. The van der Waals surface area contributed by atoms with E-state index in [1.807, 2.05) is 6.07 Å². The van der Waals surface area contributed by atoms with Crippen LogP contribution in [0, 0.1) is 0 Å². The molecule has 1 amide bonds. The van der Waals surface area contributed by atoms with Crippen molar-refractivity contribution < 1.29 is 34.1 Å². The Hall–Kier alpha value is -4.59. The van der Waals surface area contributed by atoms with Gasteiger partial charge >= 0.3 is 5.97 Å². The van der Waals surface area contributed by atoms with E-state index >= 15 is 0 Å². The summed E-state index contributed by atoms with van der Waals surface area (Å²) in [5.74, 6) is -2.22. The second kappa shape index (κ2) is 9.72. The number of hydrogen-bond donors (Lipinski definition) is 2. The molecule has 0 saturated carbocycles. The molecule has 1 heterocycles. The Morgan fingerprint density at radius 1 is 0.914 bits per heavy atom. The summed E-state index contributed by atoms with van der Waals surface area (Å²) in [4.78, 5) is 38.8. The molecule has 1 aliphatic rings. The molecule has 8 nitrogen and oxygen atoms in total. The molecule has 8 heteroatoms. The summed E-state index contributed by atoms with van der Waals surface area (Å²) in [6.45, 7) is 0. The molecule has 1 atom stereocenters. The third kappa shape index (κ3) is 4.46. The zero-order valence-corrected chi connectivity index (χ0v) is 19.1. The van der Waals surface area contributed by atoms with Crippen LogP contribution in [-0.4, -0.2) is 42.1 Å². The number of amides is 1. The summed E-state index contributed by atoms with van der Waals surface area (Å²) >= 11 is 0. The van der Waals surface area contributed by atoms with Gasteiger partial charge in [0.15, 0.2) is 0 Å². The highest BCUT2D eigenvalue weighted by Gasteiger charge is 2.47. The number of anilines is 1. The van der Waals surface area contributed by atoms with Gasteiger partial charge < -0.3 is 19.7 Å². The zero-order chi connectivity index (χ0) is 25.1. The molecule has 1 unspecified atom stereocenters. The van der Waals surface area contributed by atoms with Gasteiger partial charge in [-0.25, -0.2) is 0 Å². The maximum absolute atomic E-state index is 13.3. The first-order valence-electron chi connectivity index (χ1n) is 10.7. The molecule has 178 valence electrons. The van der Waals surface area contributed by atoms with Crippen molar-refractivity contribution in [3.05, 3.63) is 95.1 Å². The lowest BCUT2D eigenvalue weighted by atomic mass is 9.94. The van der Waals surface area contributed by atoms with Gasteiger partial charge in [0.25, 0.3) is 11.7 Å². The number of ketones is 1. The van der Waals surface area contributed by atoms with Crippen molar-refractivity contribution in [3.8, 4) is 11.5 Å². The number of Topliss-reactive ketones (excluding diaryl/α,β-unsaturated/α-hetero) is 1. The number of carbonyl (C=O) groups is 3. The van der Waals surface area contributed by atoms with E-state index in [1.54, 1.807) is 66.7 Å². The van der Waals surface area contributed by atoms with E-state index in [0.29, 0.717) is 22.6 Å². The SMILES string of the molecule is COc1ccc(/C(O)=C2/C(=O)C(=O)N(c3ccc(CC(=O)O)cc3)C2c2ccccc2)c(OC)c1. The molecular formula is C27H23NO7. The predicted molar refractivity (Wildman–Crippen MR) is 129 cm³/mol. The topological polar surface area (TPSA) is 113 Å². The Morgan fingerprint density at radius 2 is 1.60 bits per heavy atom. The lowest BCUT2D eigenvalue weighted by molar-refractivity contribution is -0.136. The molecule has 0 aromatic heterocycles. The highest BCUT2D eigenvalue weighted by molar-refractivity contribution is 6.51. The number of methoxy groups -OCH3 is 2. The molecule has 4 rings (SSSR count). The van der Waals surface area contributed by atoms with Crippen LogP contribution in [-0.2, 0) is 20.8 Å². The van der Waals surface area contributed by atoms with Gasteiger partial charge in [-0.15, -0.1) is 0 Å². The van der Waals surface area contributed by atoms with Crippen LogP contribution in [0.25, 0.3) is 5.76 Å². The van der Waals surface area contributed by atoms with Crippen LogP contribution in [0.2, 0.25) is 0 Å². The molecule has 2 N–H and O–H groups in total. The molecule has 3 aromatic carbocycles. The Balaban J connectivity index is 1.89. The monoisotopic (exact) mass is 473 g/mol. The van der Waals surface area contributed by atoms with Crippen LogP contribution in [0.3, 0.4) is 0 Å². The van der Waals surface area contributed by atoms with Gasteiger partial charge in [-0.05, 0) is 35.4 Å². The Bertz CT molecular complexity index is 1310. The van der Waals surface area contributed by atoms with Gasteiger partial charge in [-0.2, -0.15) is 0 Å². The largest absolute Gasteiger partial charge is 0.507 e. The molecule has 0 aliphatic carbocycles. The predicted octanol–water partition coefficient (Wildman–Crippen LogP) is 3.96. The number of aliphatic hydroxyl groups excluding tert-OH is 1. The van der Waals surface area contributed by atoms with Crippen LogP contribution in [0.1, 0.15) is 22.7 Å². The lowest BCUT2D eigenvalue weighted by Gasteiger charge is -2.25. The smallest absolute Gasteiger partial charge is 0.307 e. The number of carboxylic acid groups (broad SMARTS) is 1. The summed E-state index contributed by atoms with van der Waals surface area (Å²) in [6.07, 6.45) is -0.168. The maximum atomic E-state index is 13.3. The second-order valence-electron chi connectivity index (χ2n) is 7.88. The van der Waals surface area contributed by atoms with E-state index in [0.717, 1.165) is 0 Å².